The smallest absolute Gasteiger partial charge is 0.520 e. The van der Waals surface area contributed by atoms with Crippen LogP contribution in [0.3, 0.4) is 0 Å². The Morgan fingerprint density at radius 2 is 1.26 bits per heavy atom. The molecule has 1 heterocycles. The van der Waals surface area contributed by atoms with Crippen molar-refractivity contribution in [1.82, 2.24) is 0 Å². The van der Waals surface area contributed by atoms with Crippen LogP contribution in [0.4, 0.5) is 0 Å². The second kappa shape index (κ2) is 10.1. The molecule has 0 aromatic heterocycles. The second-order valence-electron chi connectivity index (χ2n) is 8.41. The van der Waals surface area contributed by atoms with Crippen LogP contribution in [0.5, 0.6) is 11.5 Å². The van der Waals surface area contributed by atoms with Crippen molar-refractivity contribution >= 4 is 25.6 Å². The Hall–Kier alpha value is -2.72. The van der Waals surface area contributed by atoms with Gasteiger partial charge < -0.3 is 9.31 Å². The normalized spacial score (nSPS) is 13.5. The third kappa shape index (κ3) is 4.80. The molecule has 0 radical (unpaired) electrons. The maximum absolute atomic E-state index is 6.16. The van der Waals surface area contributed by atoms with Gasteiger partial charge in [0.1, 0.15) is 19.6 Å². The maximum Gasteiger partial charge on any atom is 0.624 e. The molecule has 0 N–H and O–H groups in total. The summed E-state index contributed by atoms with van der Waals surface area (Å²) in [5.41, 5.74) is 0. The zero-order valence-electron chi connectivity index (χ0n) is 18.6. The van der Waals surface area contributed by atoms with Crippen molar-refractivity contribution < 1.29 is 9.31 Å². The van der Waals surface area contributed by atoms with Gasteiger partial charge in [0.25, 0.3) is 0 Å². The minimum absolute atomic E-state index is 0.363. The molecule has 31 heavy (non-hydrogen) atoms. The lowest BCUT2D eigenvalue weighted by Crippen LogP contribution is -2.58. The first-order valence-electron chi connectivity index (χ1n) is 11.5. The fourth-order valence-electron chi connectivity index (χ4n) is 4.47. The predicted octanol–water partition coefficient (Wildman–Crippen LogP) is 5.81. The van der Waals surface area contributed by atoms with Gasteiger partial charge in [-0.15, -0.1) is 0 Å². The predicted molar refractivity (Wildman–Crippen MR) is 134 cm³/mol. The fraction of sp³-hybridized carbons (Fsp3) is 0.259. The van der Waals surface area contributed by atoms with Crippen LogP contribution in [-0.2, 0) is 0 Å². The zero-order valence-corrected chi connectivity index (χ0v) is 19.6. The first-order chi connectivity index (χ1) is 15.2. The summed E-state index contributed by atoms with van der Waals surface area (Å²) in [5, 5.41) is 4.34. The number of fused-ring (bicyclic) bond motifs is 1. The van der Waals surface area contributed by atoms with Crippen LogP contribution in [0.1, 0.15) is 39.0 Å². The van der Waals surface area contributed by atoms with Crippen LogP contribution in [0, 0.1) is 0 Å². The van der Waals surface area contributed by atoms with Gasteiger partial charge in [-0.2, -0.15) is 0 Å². The summed E-state index contributed by atoms with van der Waals surface area (Å²) in [6.07, 6.45) is 6.06. The van der Waals surface area contributed by atoms with E-state index in [0.29, 0.717) is 0 Å². The summed E-state index contributed by atoms with van der Waals surface area (Å²) in [6.45, 7) is 4.74. The third-order valence-corrected chi connectivity index (χ3v) is 11.0. The lowest BCUT2D eigenvalue weighted by Gasteiger charge is -2.32. The fourth-order valence-corrected chi connectivity index (χ4v) is 8.41. The summed E-state index contributed by atoms with van der Waals surface area (Å²) in [4.78, 5) is 0. The molecular formula is C27H31BO2Si. The molecular weight excluding hydrogens is 395 g/mol. The van der Waals surface area contributed by atoms with Gasteiger partial charge in [0.2, 0.25) is 0 Å². The number of benzene rings is 3. The van der Waals surface area contributed by atoms with Gasteiger partial charge in [-0.1, -0.05) is 111 Å². The van der Waals surface area contributed by atoms with Gasteiger partial charge in [-0.25, -0.2) is 0 Å². The molecule has 0 fully saturated rings. The van der Waals surface area contributed by atoms with E-state index in [2.05, 4.69) is 80.1 Å². The van der Waals surface area contributed by atoms with Crippen LogP contribution in [-0.4, -0.2) is 15.2 Å². The Balaban J connectivity index is 1.74. The van der Waals surface area contributed by atoms with Crippen LogP contribution in [0.25, 0.3) is 0 Å². The zero-order chi connectivity index (χ0) is 21.5. The summed E-state index contributed by atoms with van der Waals surface area (Å²) >= 11 is 0. The highest BCUT2D eigenvalue weighted by molar-refractivity contribution is 7.06. The molecule has 4 rings (SSSR count). The van der Waals surface area contributed by atoms with Gasteiger partial charge in [0.15, 0.2) is 0 Å². The highest BCUT2D eigenvalue weighted by atomic mass is 28.3. The lowest BCUT2D eigenvalue weighted by atomic mass is 9.89. The van der Waals surface area contributed by atoms with Crippen molar-refractivity contribution in [3.8, 4) is 11.5 Å². The molecule has 1 aliphatic rings. The SMILES string of the molecule is CCCCCC/C(=C/B1Oc2ccccc2O1)[Si](C)(c1ccccc1)c1ccccc1. The average molecular weight is 426 g/mol. The maximum atomic E-state index is 6.16. The number of para-hydroxylation sites is 2. The largest absolute Gasteiger partial charge is 0.624 e. The molecule has 0 saturated carbocycles. The molecule has 0 amide bonds. The van der Waals surface area contributed by atoms with E-state index < -0.39 is 8.07 Å². The number of hydrogen-bond acceptors (Lipinski definition) is 2. The molecule has 0 saturated heterocycles. The first-order valence-corrected chi connectivity index (χ1v) is 14.0. The van der Waals surface area contributed by atoms with Crippen LogP contribution in [0.2, 0.25) is 6.55 Å². The van der Waals surface area contributed by atoms with E-state index in [4.69, 9.17) is 9.31 Å². The summed E-state index contributed by atoms with van der Waals surface area (Å²) in [5.74, 6) is 3.94. The van der Waals surface area contributed by atoms with Crippen LogP contribution in [0.15, 0.2) is 96.1 Å². The molecule has 3 aromatic carbocycles. The Bertz CT molecular complexity index is 940. The summed E-state index contributed by atoms with van der Waals surface area (Å²) in [6, 6.07) is 30.0. The lowest BCUT2D eigenvalue weighted by molar-refractivity contribution is 0.516. The Morgan fingerprint density at radius 3 is 1.77 bits per heavy atom. The Morgan fingerprint density at radius 1 is 0.742 bits per heavy atom. The van der Waals surface area contributed by atoms with E-state index >= 15 is 0 Å². The first kappa shape index (κ1) is 21.5. The number of unbranched alkanes of at least 4 members (excludes halogenated alkanes) is 3. The van der Waals surface area contributed by atoms with Gasteiger partial charge in [0.05, 0.1) is 0 Å². The quantitative estimate of drug-likeness (QED) is 0.317. The second-order valence-corrected chi connectivity index (χ2v) is 12.5. The van der Waals surface area contributed by atoms with Gasteiger partial charge in [-0.05, 0) is 41.3 Å². The molecule has 2 nitrogen and oxygen atoms in total. The van der Waals surface area contributed by atoms with E-state index in [1.807, 2.05) is 24.3 Å². The molecule has 0 atom stereocenters. The van der Waals surface area contributed by atoms with E-state index in [1.54, 1.807) is 0 Å². The summed E-state index contributed by atoms with van der Waals surface area (Å²) < 4.78 is 12.3. The van der Waals surface area contributed by atoms with E-state index in [9.17, 15) is 0 Å². The third-order valence-electron chi connectivity index (χ3n) is 6.32. The van der Waals surface area contributed by atoms with Crippen molar-refractivity contribution in [2.75, 3.05) is 0 Å². The van der Waals surface area contributed by atoms with Gasteiger partial charge in [0, 0.05) is 0 Å². The van der Waals surface area contributed by atoms with Crippen molar-refractivity contribution in [2.24, 2.45) is 0 Å². The van der Waals surface area contributed by atoms with Gasteiger partial charge in [-0.3, -0.25) is 0 Å². The van der Waals surface area contributed by atoms with Crippen molar-refractivity contribution in [2.45, 2.75) is 45.6 Å². The topological polar surface area (TPSA) is 18.5 Å². The van der Waals surface area contributed by atoms with E-state index in [1.165, 1.54) is 41.3 Å². The molecule has 0 aliphatic carbocycles. The number of hydrogen-bond donors (Lipinski definition) is 0. The van der Waals surface area contributed by atoms with E-state index in [-0.39, 0.29) is 7.12 Å². The number of rotatable bonds is 9. The van der Waals surface area contributed by atoms with Crippen molar-refractivity contribution in [1.29, 1.82) is 0 Å². The molecule has 3 aromatic rings. The highest BCUT2D eigenvalue weighted by Gasteiger charge is 2.39. The van der Waals surface area contributed by atoms with Crippen LogP contribution < -0.4 is 19.7 Å². The molecule has 0 unspecified atom stereocenters. The molecule has 0 bridgehead atoms. The van der Waals surface area contributed by atoms with Crippen LogP contribution >= 0.6 is 0 Å². The highest BCUT2D eigenvalue weighted by Crippen LogP contribution is 2.34. The minimum atomic E-state index is -2.16. The molecule has 0 spiro atoms. The number of allylic oxidation sites excluding steroid dienone is 1. The standard InChI is InChI=1S/C27H31BO2Si/c1-3-4-5-8-19-25(22-28-29-26-20-13-14-21-27(26)30-28)31(2,23-15-9-6-10-16-23)24-17-11-7-12-18-24/h6-7,9-18,20-22H,3-5,8,19H2,1-2H3/b25-22-. The van der Waals surface area contributed by atoms with Gasteiger partial charge >= 0.3 is 7.12 Å². The average Bonchev–Trinajstić information content (AvgIpc) is 3.24. The summed E-state index contributed by atoms with van der Waals surface area (Å²) in [7, 11) is -2.52. The molecule has 4 heteroatoms. The van der Waals surface area contributed by atoms with Crippen molar-refractivity contribution in [3.05, 3.63) is 96.1 Å². The molecule has 1 aliphatic heterocycles. The monoisotopic (exact) mass is 426 g/mol. The van der Waals surface area contributed by atoms with E-state index in [0.717, 1.165) is 17.9 Å². The molecule has 158 valence electrons. The van der Waals surface area contributed by atoms with Crippen molar-refractivity contribution in [3.63, 3.8) is 0 Å². The Kier molecular flexibility index (Phi) is 6.98. The minimum Gasteiger partial charge on any atom is -0.520 e. The Labute approximate surface area is 188 Å².